The molecule has 0 atom stereocenters. The van der Waals surface area contributed by atoms with E-state index in [0.29, 0.717) is 5.56 Å². The molecule has 0 bridgehead atoms. The fourth-order valence-corrected chi connectivity index (χ4v) is 0.970. The lowest BCUT2D eigenvalue weighted by molar-refractivity contribution is 0.475. The highest BCUT2D eigenvalue weighted by Gasteiger charge is 1.97. The van der Waals surface area contributed by atoms with E-state index >= 15 is 0 Å². The van der Waals surface area contributed by atoms with E-state index in [2.05, 4.69) is 20.1 Å². The fraction of sp³-hybridized carbons (Fsp3) is 0.143. The molecule has 1 N–H and O–H groups in total. The highest BCUT2D eigenvalue weighted by Crippen LogP contribution is 2.22. The van der Waals surface area contributed by atoms with Crippen LogP contribution in [0.15, 0.2) is 28.4 Å². The molecule has 0 saturated carbocycles. The van der Waals surface area contributed by atoms with Crippen molar-refractivity contribution in [2.75, 3.05) is 0 Å². The minimum atomic E-state index is -0.0296. The lowest BCUT2D eigenvalue weighted by atomic mass is 10.2. The summed E-state index contributed by atoms with van der Waals surface area (Å²) in [5.41, 5.74) is 17.1. The second-order valence-electron chi connectivity index (χ2n) is 2.44. The van der Waals surface area contributed by atoms with Crippen LogP contribution in [-0.4, -0.2) is 5.11 Å². The van der Waals surface area contributed by atoms with Gasteiger partial charge in [-0.1, -0.05) is 10.2 Å². The lowest BCUT2D eigenvalue weighted by Crippen LogP contribution is -1.79. The molecule has 14 heavy (non-hydrogen) atoms. The Morgan fingerprint density at radius 2 is 2.00 bits per heavy atom. The van der Waals surface area contributed by atoms with Crippen molar-refractivity contribution >= 4 is 5.69 Å². The Kier molecular flexibility index (Phi) is 3.20. The van der Waals surface area contributed by atoms with Crippen molar-refractivity contribution in [1.29, 1.82) is 0 Å². The van der Waals surface area contributed by atoms with Crippen molar-refractivity contribution in [3.8, 4) is 5.75 Å². The van der Waals surface area contributed by atoms with Crippen LogP contribution in [0.3, 0.4) is 0 Å². The van der Waals surface area contributed by atoms with Gasteiger partial charge in [0.25, 0.3) is 0 Å². The summed E-state index contributed by atoms with van der Waals surface area (Å²) in [6.45, 7) is 0.110. The van der Waals surface area contributed by atoms with Crippen molar-refractivity contribution in [2.24, 2.45) is 10.2 Å². The van der Waals surface area contributed by atoms with Gasteiger partial charge in [0.2, 0.25) is 0 Å². The van der Waals surface area contributed by atoms with Gasteiger partial charge >= 0.3 is 0 Å². The minimum absolute atomic E-state index is 0.0296. The number of nitrogens with zero attached hydrogens (tertiary/aromatic N) is 6. The number of hydrogen-bond donors (Lipinski definition) is 1. The zero-order valence-electron chi connectivity index (χ0n) is 7.07. The largest absolute Gasteiger partial charge is 0.508 e. The third kappa shape index (κ3) is 2.60. The number of aromatic hydroxyl groups is 1. The first-order valence-electron chi connectivity index (χ1n) is 3.65. The molecule has 0 unspecified atom stereocenters. The van der Waals surface area contributed by atoms with E-state index in [9.17, 15) is 5.11 Å². The summed E-state index contributed by atoms with van der Waals surface area (Å²) < 4.78 is 0. The molecular formula is C7H6N6O. The fourth-order valence-electron chi connectivity index (χ4n) is 0.970. The average molecular weight is 190 g/mol. The summed E-state index contributed by atoms with van der Waals surface area (Å²) in [5.74, 6) is -0.0296. The highest BCUT2D eigenvalue weighted by molar-refractivity contribution is 5.46. The summed E-state index contributed by atoms with van der Waals surface area (Å²) in [4.78, 5) is 5.16. The molecule has 7 nitrogen and oxygen atoms in total. The highest BCUT2D eigenvalue weighted by atomic mass is 16.3. The molecule has 0 spiro atoms. The van der Waals surface area contributed by atoms with Gasteiger partial charge in [-0.05, 0) is 34.8 Å². The summed E-state index contributed by atoms with van der Waals surface area (Å²) in [5, 5.41) is 15.8. The van der Waals surface area contributed by atoms with Crippen LogP contribution in [0.4, 0.5) is 5.69 Å². The Labute approximate surface area is 78.9 Å². The van der Waals surface area contributed by atoms with Gasteiger partial charge in [-0.2, -0.15) is 0 Å². The quantitative estimate of drug-likeness (QED) is 0.439. The average Bonchev–Trinajstić information content (AvgIpc) is 2.14. The molecule has 0 saturated heterocycles. The SMILES string of the molecule is [N-]=[N+]=NCc1cc(O)cc(N=[N+]=[N-])c1. The third-order valence-electron chi connectivity index (χ3n) is 1.44. The summed E-state index contributed by atoms with van der Waals surface area (Å²) in [6, 6.07) is 4.29. The van der Waals surface area contributed by atoms with Gasteiger partial charge in [-0.3, -0.25) is 0 Å². The maximum atomic E-state index is 9.20. The molecule has 0 aliphatic carbocycles. The number of hydrogen-bond acceptors (Lipinski definition) is 3. The number of phenolic OH excluding ortho intramolecular Hbond substituents is 1. The predicted molar refractivity (Wildman–Crippen MR) is 49.8 cm³/mol. The Hall–Kier alpha value is -2.36. The normalized spacial score (nSPS) is 8.57. The molecular weight excluding hydrogens is 184 g/mol. The summed E-state index contributed by atoms with van der Waals surface area (Å²) >= 11 is 0. The topological polar surface area (TPSA) is 118 Å². The number of phenols is 1. The van der Waals surface area contributed by atoms with Gasteiger partial charge in [0.15, 0.2) is 0 Å². The van der Waals surface area contributed by atoms with E-state index in [-0.39, 0.29) is 18.0 Å². The number of azide groups is 2. The Morgan fingerprint density at radius 3 is 2.64 bits per heavy atom. The molecule has 1 rings (SSSR count). The Balaban J connectivity index is 3.05. The standard InChI is InChI=1S/C7H6N6O/c8-12-10-4-5-1-6(11-13-9)3-7(14)2-5/h1-3,14H,4H2. The molecule has 1 aromatic rings. The van der Waals surface area contributed by atoms with Crippen molar-refractivity contribution < 1.29 is 5.11 Å². The zero-order valence-corrected chi connectivity index (χ0v) is 7.07. The van der Waals surface area contributed by atoms with E-state index in [0.717, 1.165) is 0 Å². The van der Waals surface area contributed by atoms with E-state index in [1.54, 1.807) is 0 Å². The predicted octanol–water partition coefficient (Wildman–Crippen LogP) is 3.14. The second-order valence-corrected chi connectivity index (χ2v) is 2.44. The van der Waals surface area contributed by atoms with Gasteiger partial charge in [0.1, 0.15) is 5.75 Å². The van der Waals surface area contributed by atoms with Gasteiger partial charge < -0.3 is 5.11 Å². The zero-order chi connectivity index (χ0) is 10.4. The molecule has 0 aliphatic rings. The van der Waals surface area contributed by atoms with Crippen LogP contribution in [0.1, 0.15) is 5.56 Å². The van der Waals surface area contributed by atoms with Gasteiger partial charge in [0, 0.05) is 15.5 Å². The molecule has 1 aromatic carbocycles. The van der Waals surface area contributed by atoms with Crippen molar-refractivity contribution in [3.05, 3.63) is 44.6 Å². The molecule has 0 radical (unpaired) electrons. The first-order chi connectivity index (χ1) is 6.76. The monoisotopic (exact) mass is 190 g/mol. The third-order valence-corrected chi connectivity index (χ3v) is 1.44. The van der Waals surface area contributed by atoms with E-state index in [1.807, 2.05) is 0 Å². The molecule has 7 heteroatoms. The molecule has 70 valence electrons. The molecule has 0 aliphatic heterocycles. The molecule has 0 heterocycles. The van der Waals surface area contributed by atoms with Crippen LogP contribution in [0.5, 0.6) is 5.75 Å². The van der Waals surface area contributed by atoms with Crippen LogP contribution >= 0.6 is 0 Å². The van der Waals surface area contributed by atoms with Crippen LogP contribution in [0, 0.1) is 0 Å². The molecule has 0 amide bonds. The summed E-state index contributed by atoms with van der Waals surface area (Å²) in [6.07, 6.45) is 0. The van der Waals surface area contributed by atoms with Gasteiger partial charge in [-0.25, -0.2) is 0 Å². The Morgan fingerprint density at radius 1 is 1.21 bits per heavy atom. The molecule has 0 aromatic heterocycles. The van der Waals surface area contributed by atoms with E-state index in [4.69, 9.17) is 11.1 Å². The number of benzene rings is 1. The van der Waals surface area contributed by atoms with E-state index < -0.39 is 0 Å². The first-order valence-corrected chi connectivity index (χ1v) is 3.65. The second kappa shape index (κ2) is 4.61. The maximum absolute atomic E-state index is 9.20. The molecule has 0 fully saturated rings. The van der Waals surface area contributed by atoms with Crippen LogP contribution in [0.25, 0.3) is 20.9 Å². The smallest absolute Gasteiger partial charge is 0.116 e. The minimum Gasteiger partial charge on any atom is -0.508 e. The van der Waals surface area contributed by atoms with Crippen LogP contribution in [-0.2, 0) is 6.54 Å². The maximum Gasteiger partial charge on any atom is 0.116 e. The van der Waals surface area contributed by atoms with Crippen molar-refractivity contribution in [2.45, 2.75) is 6.54 Å². The van der Waals surface area contributed by atoms with E-state index in [1.165, 1.54) is 18.2 Å². The summed E-state index contributed by atoms with van der Waals surface area (Å²) in [7, 11) is 0. The van der Waals surface area contributed by atoms with Crippen molar-refractivity contribution in [3.63, 3.8) is 0 Å². The van der Waals surface area contributed by atoms with Crippen LogP contribution in [0.2, 0.25) is 0 Å². The number of rotatable bonds is 3. The van der Waals surface area contributed by atoms with Gasteiger partial charge in [-0.15, -0.1) is 0 Å². The first kappa shape index (κ1) is 9.73. The van der Waals surface area contributed by atoms with Crippen molar-refractivity contribution in [1.82, 2.24) is 0 Å². The van der Waals surface area contributed by atoms with Crippen LogP contribution < -0.4 is 0 Å². The van der Waals surface area contributed by atoms with Gasteiger partial charge in [0.05, 0.1) is 6.54 Å². The lowest BCUT2D eigenvalue weighted by Gasteiger charge is -1.99. The Bertz CT molecular complexity index is 430.